The van der Waals surface area contributed by atoms with Crippen LogP contribution in [0.15, 0.2) is 0 Å². The number of carbonyl (C=O) groups is 2. The molecular weight excluding hydrogens is 580 g/mol. The van der Waals surface area contributed by atoms with E-state index < -0.39 is 5.92 Å². The van der Waals surface area contributed by atoms with E-state index in [2.05, 4.69) is 20.8 Å². The Kier molecular flexibility index (Phi) is 38.5. The molecule has 0 aromatic carbocycles. The maximum absolute atomic E-state index is 12.9. The van der Waals surface area contributed by atoms with Gasteiger partial charge >= 0.3 is 11.9 Å². The molecule has 0 amide bonds. The van der Waals surface area contributed by atoms with Crippen molar-refractivity contribution in [2.45, 2.75) is 245 Å². The SMILES string of the molecule is CCCCCCCCCCCCCCCCCCCCC(C(=O)OCCCCCCCCCC)C(=O)OCCCCCCCCCC. The van der Waals surface area contributed by atoms with Crippen LogP contribution in [0.5, 0.6) is 0 Å². The van der Waals surface area contributed by atoms with Crippen molar-refractivity contribution in [3.63, 3.8) is 0 Å². The molecule has 0 aliphatic heterocycles. The van der Waals surface area contributed by atoms with Crippen molar-refractivity contribution in [1.29, 1.82) is 0 Å². The first-order valence-corrected chi connectivity index (χ1v) is 21.5. The van der Waals surface area contributed by atoms with Crippen LogP contribution in [0.1, 0.15) is 245 Å². The molecule has 0 bridgehead atoms. The molecule has 47 heavy (non-hydrogen) atoms. The van der Waals surface area contributed by atoms with Crippen LogP contribution in [0, 0.1) is 5.92 Å². The summed E-state index contributed by atoms with van der Waals surface area (Å²) >= 11 is 0. The molecule has 0 atom stereocenters. The Hall–Kier alpha value is -1.06. The number of hydrogen-bond acceptors (Lipinski definition) is 4. The van der Waals surface area contributed by atoms with E-state index in [1.54, 1.807) is 0 Å². The van der Waals surface area contributed by atoms with Gasteiger partial charge in [-0.15, -0.1) is 0 Å². The maximum Gasteiger partial charge on any atom is 0.320 e. The standard InChI is InChI=1S/C43H84O4/c1-4-7-10-13-16-19-20-21-22-23-24-25-26-27-28-29-32-35-38-41(42(44)46-39-36-33-30-17-14-11-8-5-2)43(45)47-40-37-34-31-18-15-12-9-6-3/h41H,4-40H2,1-3H3. The molecule has 280 valence electrons. The minimum Gasteiger partial charge on any atom is -0.465 e. The molecule has 0 radical (unpaired) electrons. The third-order valence-corrected chi connectivity index (χ3v) is 9.90. The summed E-state index contributed by atoms with van der Waals surface area (Å²) in [5, 5.41) is 0. The van der Waals surface area contributed by atoms with Crippen LogP contribution in [-0.2, 0) is 19.1 Å². The van der Waals surface area contributed by atoms with Gasteiger partial charge < -0.3 is 9.47 Å². The van der Waals surface area contributed by atoms with E-state index in [4.69, 9.17) is 9.47 Å². The summed E-state index contributed by atoms with van der Waals surface area (Å²) in [6.07, 6.45) is 43.9. The molecule has 0 N–H and O–H groups in total. The quantitative estimate of drug-likeness (QED) is 0.0373. The average Bonchev–Trinajstić information content (AvgIpc) is 3.07. The lowest BCUT2D eigenvalue weighted by Crippen LogP contribution is -2.28. The number of unbranched alkanes of at least 4 members (excludes halogenated alkanes) is 31. The van der Waals surface area contributed by atoms with E-state index in [9.17, 15) is 9.59 Å². The van der Waals surface area contributed by atoms with Crippen molar-refractivity contribution in [2.75, 3.05) is 13.2 Å². The highest BCUT2D eigenvalue weighted by Crippen LogP contribution is 2.19. The predicted molar refractivity (Wildman–Crippen MR) is 204 cm³/mol. The molecule has 0 aromatic rings. The predicted octanol–water partition coefficient (Wildman–Crippen LogP) is 14.4. The molecule has 0 fully saturated rings. The van der Waals surface area contributed by atoms with Gasteiger partial charge in [0.1, 0.15) is 0 Å². The van der Waals surface area contributed by atoms with Gasteiger partial charge in [-0.05, 0) is 19.3 Å². The molecule has 0 saturated heterocycles. The van der Waals surface area contributed by atoms with Crippen LogP contribution >= 0.6 is 0 Å². The van der Waals surface area contributed by atoms with E-state index >= 15 is 0 Å². The van der Waals surface area contributed by atoms with Gasteiger partial charge in [0.15, 0.2) is 5.92 Å². The lowest BCUT2D eigenvalue weighted by Gasteiger charge is -2.15. The largest absolute Gasteiger partial charge is 0.465 e. The summed E-state index contributed by atoms with van der Waals surface area (Å²) in [6.45, 7) is 7.63. The first-order chi connectivity index (χ1) is 23.2. The van der Waals surface area contributed by atoms with Crippen molar-refractivity contribution in [2.24, 2.45) is 5.92 Å². The Morgan fingerprint density at radius 3 is 0.787 bits per heavy atom. The monoisotopic (exact) mass is 665 g/mol. The number of esters is 2. The smallest absolute Gasteiger partial charge is 0.320 e. The van der Waals surface area contributed by atoms with E-state index in [-0.39, 0.29) is 11.9 Å². The number of hydrogen-bond donors (Lipinski definition) is 0. The summed E-state index contributed by atoms with van der Waals surface area (Å²) in [5.74, 6) is -1.47. The summed E-state index contributed by atoms with van der Waals surface area (Å²) in [6, 6.07) is 0. The summed E-state index contributed by atoms with van der Waals surface area (Å²) < 4.78 is 11.2. The third kappa shape index (κ3) is 34.6. The zero-order valence-electron chi connectivity index (χ0n) is 32.4. The summed E-state index contributed by atoms with van der Waals surface area (Å²) in [4.78, 5) is 25.9. The van der Waals surface area contributed by atoms with Crippen LogP contribution in [0.2, 0.25) is 0 Å². The normalized spacial score (nSPS) is 11.4. The number of rotatable bonds is 39. The highest BCUT2D eigenvalue weighted by Gasteiger charge is 2.29. The molecule has 0 rings (SSSR count). The second kappa shape index (κ2) is 39.4. The lowest BCUT2D eigenvalue weighted by atomic mass is 9.99. The fourth-order valence-corrected chi connectivity index (χ4v) is 6.60. The number of carbonyl (C=O) groups excluding carboxylic acids is 2. The molecule has 0 unspecified atom stereocenters. The Balaban J connectivity index is 4.10. The Labute approximate surface area is 295 Å². The van der Waals surface area contributed by atoms with Gasteiger partial charge in [0.25, 0.3) is 0 Å². The molecule has 0 aromatic heterocycles. The van der Waals surface area contributed by atoms with Crippen LogP contribution in [0.3, 0.4) is 0 Å². The highest BCUT2D eigenvalue weighted by molar-refractivity contribution is 5.94. The van der Waals surface area contributed by atoms with Gasteiger partial charge in [0.05, 0.1) is 13.2 Å². The fraction of sp³-hybridized carbons (Fsp3) is 0.953. The molecule has 4 nitrogen and oxygen atoms in total. The first kappa shape index (κ1) is 45.9. The maximum atomic E-state index is 12.9. The van der Waals surface area contributed by atoms with Crippen molar-refractivity contribution < 1.29 is 19.1 Å². The van der Waals surface area contributed by atoms with E-state index in [1.165, 1.54) is 180 Å². The van der Waals surface area contributed by atoms with Gasteiger partial charge in [-0.25, -0.2) is 0 Å². The minimum absolute atomic E-state index is 0.360. The van der Waals surface area contributed by atoms with Gasteiger partial charge in [0, 0.05) is 0 Å². The fourth-order valence-electron chi connectivity index (χ4n) is 6.60. The molecule has 0 aliphatic carbocycles. The zero-order chi connectivity index (χ0) is 34.3. The van der Waals surface area contributed by atoms with Crippen molar-refractivity contribution in [3.05, 3.63) is 0 Å². The van der Waals surface area contributed by atoms with Gasteiger partial charge in [-0.1, -0.05) is 226 Å². The lowest BCUT2D eigenvalue weighted by molar-refractivity contribution is -0.162. The van der Waals surface area contributed by atoms with Crippen molar-refractivity contribution in [3.8, 4) is 0 Å². The molecule has 4 heteroatoms. The molecular formula is C43H84O4. The molecule has 0 aliphatic rings. The number of ether oxygens (including phenoxy) is 2. The van der Waals surface area contributed by atoms with E-state index in [0.717, 1.165) is 38.5 Å². The van der Waals surface area contributed by atoms with Gasteiger partial charge in [0.2, 0.25) is 0 Å². The van der Waals surface area contributed by atoms with Crippen LogP contribution in [0.4, 0.5) is 0 Å². The highest BCUT2D eigenvalue weighted by atomic mass is 16.6. The summed E-state index contributed by atoms with van der Waals surface area (Å²) in [5.41, 5.74) is 0. The second-order valence-corrected chi connectivity index (χ2v) is 14.6. The molecule has 0 heterocycles. The Morgan fingerprint density at radius 2 is 0.532 bits per heavy atom. The third-order valence-electron chi connectivity index (χ3n) is 9.90. The second-order valence-electron chi connectivity index (χ2n) is 14.6. The van der Waals surface area contributed by atoms with Crippen LogP contribution < -0.4 is 0 Å². The van der Waals surface area contributed by atoms with Gasteiger partial charge in [-0.2, -0.15) is 0 Å². The van der Waals surface area contributed by atoms with E-state index in [0.29, 0.717) is 19.6 Å². The van der Waals surface area contributed by atoms with E-state index in [1.807, 2.05) is 0 Å². The van der Waals surface area contributed by atoms with Gasteiger partial charge in [-0.3, -0.25) is 9.59 Å². The van der Waals surface area contributed by atoms with Crippen molar-refractivity contribution in [1.82, 2.24) is 0 Å². The van der Waals surface area contributed by atoms with Crippen LogP contribution in [0.25, 0.3) is 0 Å². The topological polar surface area (TPSA) is 52.6 Å². The molecule has 0 saturated carbocycles. The summed E-state index contributed by atoms with van der Waals surface area (Å²) in [7, 11) is 0. The Bertz CT molecular complexity index is 599. The van der Waals surface area contributed by atoms with Crippen molar-refractivity contribution >= 4 is 11.9 Å². The zero-order valence-corrected chi connectivity index (χ0v) is 32.4. The first-order valence-electron chi connectivity index (χ1n) is 21.5. The van der Waals surface area contributed by atoms with Crippen LogP contribution in [-0.4, -0.2) is 25.2 Å². The minimum atomic E-state index is -0.751. The molecule has 0 spiro atoms. The Morgan fingerprint density at radius 1 is 0.319 bits per heavy atom. The average molecular weight is 665 g/mol.